The summed E-state index contributed by atoms with van der Waals surface area (Å²) in [6.07, 6.45) is -7.65. The van der Waals surface area contributed by atoms with Crippen LogP contribution in [0.4, 0.5) is 27.8 Å². The molecule has 0 saturated heterocycles. The minimum atomic E-state index is -4.86. The van der Waals surface area contributed by atoms with Crippen LogP contribution in [0.5, 0.6) is 0 Å². The zero-order valence-corrected chi connectivity index (χ0v) is 9.10. The molecule has 15 heavy (non-hydrogen) atoms. The van der Waals surface area contributed by atoms with Gasteiger partial charge in [0.2, 0.25) is 0 Å². The summed E-state index contributed by atoms with van der Waals surface area (Å²) in [5, 5.41) is 0. The van der Waals surface area contributed by atoms with Crippen molar-refractivity contribution in [1.29, 1.82) is 0 Å². The summed E-state index contributed by atoms with van der Waals surface area (Å²) in [6.45, 7) is 0. The molecule has 0 unspecified atom stereocenters. The summed E-state index contributed by atoms with van der Waals surface area (Å²) in [5.41, 5.74) is 2.56. The number of nitrogens with zero attached hydrogens (tertiary/aromatic N) is 1. The van der Waals surface area contributed by atoms with Crippen LogP contribution in [0.3, 0.4) is 0 Å². The highest BCUT2D eigenvalue weighted by atomic mass is 127. The van der Waals surface area contributed by atoms with Gasteiger partial charge in [-0.3, -0.25) is 0 Å². The first kappa shape index (κ1) is 12.4. The van der Waals surface area contributed by atoms with Crippen molar-refractivity contribution in [3.05, 3.63) is 20.9 Å². The number of nitrogens with two attached hydrogens (primary N) is 1. The Kier molecular flexibility index (Phi) is 3.36. The van der Waals surface area contributed by atoms with Crippen LogP contribution in [-0.4, -0.2) is 4.98 Å². The van der Waals surface area contributed by atoms with Crippen LogP contribution < -0.4 is 5.73 Å². The Morgan fingerprint density at radius 3 is 2.27 bits per heavy atom. The number of pyridine rings is 1. The third-order valence-corrected chi connectivity index (χ3v) is 2.69. The van der Waals surface area contributed by atoms with Gasteiger partial charge in [-0.2, -0.15) is 13.2 Å². The first-order valence-electron chi connectivity index (χ1n) is 3.54. The van der Waals surface area contributed by atoms with Gasteiger partial charge in [-0.1, -0.05) is 0 Å². The molecule has 0 aliphatic carbocycles. The van der Waals surface area contributed by atoms with Gasteiger partial charge in [-0.25, -0.2) is 13.8 Å². The van der Waals surface area contributed by atoms with Gasteiger partial charge in [0, 0.05) is 11.8 Å². The quantitative estimate of drug-likeness (QED) is 0.631. The van der Waals surface area contributed by atoms with E-state index in [0.29, 0.717) is 6.20 Å². The van der Waals surface area contributed by atoms with E-state index in [1.807, 2.05) is 0 Å². The zero-order valence-electron chi connectivity index (χ0n) is 6.95. The molecule has 2 nitrogen and oxygen atoms in total. The van der Waals surface area contributed by atoms with Crippen molar-refractivity contribution < 1.29 is 22.0 Å². The van der Waals surface area contributed by atoms with Crippen LogP contribution in [0.25, 0.3) is 0 Å². The van der Waals surface area contributed by atoms with Gasteiger partial charge >= 0.3 is 6.18 Å². The van der Waals surface area contributed by atoms with Gasteiger partial charge in [-0.15, -0.1) is 0 Å². The fourth-order valence-electron chi connectivity index (χ4n) is 0.969. The summed E-state index contributed by atoms with van der Waals surface area (Å²) in [7, 11) is 0. The molecule has 0 amide bonds. The highest BCUT2D eigenvalue weighted by Gasteiger charge is 2.39. The number of rotatable bonds is 1. The number of anilines is 1. The molecule has 0 radical (unpaired) electrons. The maximum atomic E-state index is 12.4. The molecule has 1 rings (SSSR count). The van der Waals surface area contributed by atoms with Gasteiger partial charge in [0.1, 0.15) is 5.82 Å². The summed E-state index contributed by atoms with van der Waals surface area (Å²) in [6, 6.07) is 0. The van der Waals surface area contributed by atoms with E-state index in [9.17, 15) is 22.0 Å². The monoisotopic (exact) mass is 338 g/mol. The fraction of sp³-hybridized carbons (Fsp3) is 0.286. The van der Waals surface area contributed by atoms with E-state index >= 15 is 0 Å². The van der Waals surface area contributed by atoms with Crippen molar-refractivity contribution in [3.8, 4) is 0 Å². The molecule has 2 N–H and O–H groups in total. The number of hydrogen-bond acceptors (Lipinski definition) is 2. The topological polar surface area (TPSA) is 38.9 Å². The zero-order chi connectivity index (χ0) is 11.8. The number of hydrogen-bond donors (Lipinski definition) is 1. The van der Waals surface area contributed by atoms with Crippen molar-refractivity contribution in [2.45, 2.75) is 12.6 Å². The summed E-state index contributed by atoms with van der Waals surface area (Å²) >= 11 is 1.25. The molecule has 84 valence electrons. The molecule has 0 aliphatic rings. The summed E-state index contributed by atoms with van der Waals surface area (Å²) < 4.78 is 61.4. The summed E-state index contributed by atoms with van der Waals surface area (Å²) in [4.78, 5) is 3.26. The first-order valence-corrected chi connectivity index (χ1v) is 4.62. The van der Waals surface area contributed by atoms with Crippen molar-refractivity contribution >= 4 is 28.4 Å². The molecule has 1 heterocycles. The van der Waals surface area contributed by atoms with Gasteiger partial charge in [0.25, 0.3) is 6.43 Å². The predicted molar refractivity (Wildman–Crippen MR) is 51.3 cm³/mol. The molecular formula is C7H4F5IN2. The number of alkyl halides is 5. The Morgan fingerprint density at radius 1 is 1.33 bits per heavy atom. The maximum absolute atomic E-state index is 12.4. The normalized spacial score (nSPS) is 12.2. The van der Waals surface area contributed by atoms with Crippen LogP contribution in [0.2, 0.25) is 0 Å². The second-order valence-electron chi connectivity index (χ2n) is 2.59. The van der Waals surface area contributed by atoms with Crippen molar-refractivity contribution in [3.63, 3.8) is 0 Å². The standard InChI is InChI=1S/C7H4F5IN2/c8-5(9)2-1-15-6(14)4(13)3(2)7(10,11)12/h1,5H,(H2,14,15). The molecule has 1 aromatic rings. The Balaban J connectivity index is 3.49. The Bertz CT molecular complexity index is 376. The molecule has 0 bridgehead atoms. The molecule has 0 saturated carbocycles. The lowest BCUT2D eigenvalue weighted by molar-refractivity contribution is -0.140. The maximum Gasteiger partial charge on any atom is 0.418 e. The average Bonchev–Trinajstić information content (AvgIpc) is 2.06. The molecule has 0 aromatic carbocycles. The molecular weight excluding hydrogens is 334 g/mol. The lowest BCUT2D eigenvalue weighted by Crippen LogP contribution is -2.14. The van der Waals surface area contributed by atoms with Gasteiger partial charge in [0.05, 0.1) is 9.13 Å². The second kappa shape index (κ2) is 4.06. The highest BCUT2D eigenvalue weighted by Crippen LogP contribution is 2.40. The third kappa shape index (κ3) is 2.47. The van der Waals surface area contributed by atoms with E-state index < -0.39 is 33.1 Å². The van der Waals surface area contributed by atoms with E-state index in [4.69, 9.17) is 5.73 Å². The highest BCUT2D eigenvalue weighted by molar-refractivity contribution is 14.1. The lowest BCUT2D eigenvalue weighted by Gasteiger charge is -2.14. The number of nitrogen functional groups attached to an aromatic ring is 1. The van der Waals surface area contributed by atoms with Crippen LogP contribution in [-0.2, 0) is 6.18 Å². The van der Waals surface area contributed by atoms with E-state index in [1.54, 1.807) is 0 Å². The van der Waals surface area contributed by atoms with Gasteiger partial charge < -0.3 is 5.73 Å². The molecule has 8 heteroatoms. The smallest absolute Gasteiger partial charge is 0.383 e. The number of halogens is 6. The molecule has 0 spiro atoms. The molecule has 0 fully saturated rings. The Hall–Kier alpha value is -0.670. The Labute approximate surface area is 94.8 Å². The lowest BCUT2D eigenvalue weighted by atomic mass is 10.1. The average molecular weight is 338 g/mol. The minimum absolute atomic E-state index is 0.410. The molecule has 0 aliphatic heterocycles. The van der Waals surface area contributed by atoms with E-state index in [-0.39, 0.29) is 0 Å². The van der Waals surface area contributed by atoms with Gasteiger partial charge in [0.15, 0.2) is 0 Å². The van der Waals surface area contributed by atoms with E-state index in [1.165, 1.54) is 22.6 Å². The third-order valence-electron chi connectivity index (χ3n) is 1.59. The van der Waals surface area contributed by atoms with Crippen LogP contribution in [0.1, 0.15) is 17.6 Å². The minimum Gasteiger partial charge on any atom is -0.383 e. The van der Waals surface area contributed by atoms with Gasteiger partial charge in [-0.05, 0) is 22.6 Å². The fourth-order valence-corrected chi connectivity index (χ4v) is 1.73. The van der Waals surface area contributed by atoms with E-state index in [2.05, 4.69) is 4.98 Å². The van der Waals surface area contributed by atoms with Crippen LogP contribution in [0, 0.1) is 3.57 Å². The van der Waals surface area contributed by atoms with Crippen LogP contribution >= 0.6 is 22.6 Å². The van der Waals surface area contributed by atoms with Crippen LogP contribution in [0.15, 0.2) is 6.20 Å². The predicted octanol–water partition coefficient (Wildman–Crippen LogP) is 3.22. The number of aromatic nitrogens is 1. The molecule has 0 atom stereocenters. The Morgan fingerprint density at radius 2 is 1.87 bits per heavy atom. The first-order chi connectivity index (χ1) is 6.75. The summed E-state index contributed by atoms with van der Waals surface area (Å²) in [5.74, 6) is -0.410. The SMILES string of the molecule is Nc1ncc(C(F)F)c(C(F)(F)F)c1I. The van der Waals surface area contributed by atoms with Crippen molar-refractivity contribution in [2.24, 2.45) is 0 Å². The van der Waals surface area contributed by atoms with E-state index in [0.717, 1.165) is 0 Å². The molecule has 1 aromatic heterocycles. The van der Waals surface area contributed by atoms with Crippen molar-refractivity contribution in [2.75, 3.05) is 5.73 Å². The largest absolute Gasteiger partial charge is 0.418 e. The van der Waals surface area contributed by atoms with Crippen molar-refractivity contribution in [1.82, 2.24) is 4.98 Å². The second-order valence-corrected chi connectivity index (χ2v) is 3.66.